The van der Waals surface area contributed by atoms with E-state index in [0.717, 1.165) is 18.4 Å². The number of benzene rings is 1. The number of nitrogen functional groups attached to an aromatic ring is 1. The molecule has 0 aliphatic carbocycles. The van der Waals surface area contributed by atoms with Gasteiger partial charge in [0.15, 0.2) is 0 Å². The molecular formula is C25H30N6O3. The third kappa shape index (κ3) is 6.12. The number of amides is 1. The minimum absolute atomic E-state index is 0.0217. The summed E-state index contributed by atoms with van der Waals surface area (Å²) in [5.74, 6) is 1.50. The van der Waals surface area contributed by atoms with Gasteiger partial charge in [-0.3, -0.25) is 0 Å². The van der Waals surface area contributed by atoms with E-state index in [1.165, 1.54) is 0 Å². The molecule has 178 valence electrons. The highest BCUT2D eigenvalue weighted by Gasteiger charge is 2.28. The molecule has 1 aliphatic rings. The lowest BCUT2D eigenvalue weighted by Gasteiger charge is -2.34. The Morgan fingerprint density at radius 2 is 2.00 bits per heavy atom. The van der Waals surface area contributed by atoms with Crippen molar-refractivity contribution in [3.8, 4) is 22.9 Å². The maximum absolute atomic E-state index is 12.5. The second-order valence-electron chi connectivity index (χ2n) is 9.21. The summed E-state index contributed by atoms with van der Waals surface area (Å²) in [6.45, 7) is 6.81. The van der Waals surface area contributed by atoms with Crippen molar-refractivity contribution in [2.45, 2.75) is 45.3 Å². The molecule has 1 atom stereocenters. The summed E-state index contributed by atoms with van der Waals surface area (Å²) in [7, 11) is 0. The number of hydrogen-bond donors (Lipinski definition) is 2. The molecule has 1 aliphatic heterocycles. The van der Waals surface area contributed by atoms with Crippen molar-refractivity contribution in [3.63, 3.8) is 0 Å². The molecule has 0 bridgehead atoms. The number of nitrogens with zero attached hydrogens (tertiary/aromatic N) is 4. The first-order valence-electron chi connectivity index (χ1n) is 11.3. The second-order valence-corrected chi connectivity index (χ2v) is 9.21. The first kappa shape index (κ1) is 23.3. The summed E-state index contributed by atoms with van der Waals surface area (Å²) >= 11 is 0. The van der Waals surface area contributed by atoms with Crippen LogP contribution in [0.15, 0.2) is 54.9 Å². The lowest BCUT2D eigenvalue weighted by atomic mass is 10.1. The molecule has 0 radical (unpaired) electrons. The van der Waals surface area contributed by atoms with Crippen LogP contribution in [-0.2, 0) is 4.74 Å². The smallest absolute Gasteiger partial charge is 0.410 e. The van der Waals surface area contributed by atoms with Crippen LogP contribution in [0.25, 0.3) is 11.3 Å². The van der Waals surface area contributed by atoms with Crippen LogP contribution in [0.5, 0.6) is 11.6 Å². The number of nitrogens with two attached hydrogens (primary N) is 1. The van der Waals surface area contributed by atoms with Gasteiger partial charge in [-0.25, -0.2) is 19.7 Å². The topological polar surface area (TPSA) is 115 Å². The maximum Gasteiger partial charge on any atom is 0.410 e. The van der Waals surface area contributed by atoms with Crippen LogP contribution in [0.2, 0.25) is 0 Å². The SMILES string of the molecule is CC(C)(C)OC(=O)N1CCCC(Nc2nccc(-c3cccnc3Oc3cccc(N)c3)n2)C1. The fraction of sp³-hybridized carbons (Fsp3) is 0.360. The van der Waals surface area contributed by atoms with E-state index in [1.807, 2.05) is 51.1 Å². The normalized spacial score (nSPS) is 16.1. The van der Waals surface area contributed by atoms with Gasteiger partial charge in [-0.05, 0) is 63.9 Å². The zero-order valence-electron chi connectivity index (χ0n) is 19.7. The zero-order valence-corrected chi connectivity index (χ0v) is 19.7. The zero-order chi connectivity index (χ0) is 24.1. The Morgan fingerprint density at radius 3 is 2.79 bits per heavy atom. The summed E-state index contributed by atoms with van der Waals surface area (Å²) in [6.07, 6.45) is 4.84. The Morgan fingerprint density at radius 1 is 1.15 bits per heavy atom. The van der Waals surface area contributed by atoms with Crippen molar-refractivity contribution in [2.24, 2.45) is 0 Å². The summed E-state index contributed by atoms with van der Waals surface area (Å²) < 4.78 is 11.5. The number of rotatable bonds is 5. The van der Waals surface area contributed by atoms with Crippen LogP contribution in [0.1, 0.15) is 33.6 Å². The van der Waals surface area contributed by atoms with Crippen molar-refractivity contribution in [1.82, 2.24) is 19.9 Å². The standard InChI is InChI=1S/C25H30N6O3/c1-25(2,3)34-24(32)31-14-6-8-18(16-31)29-23-28-13-11-21(30-23)20-10-5-12-27-22(20)33-19-9-4-7-17(26)15-19/h4-5,7,9-13,15,18H,6,8,14,16,26H2,1-3H3,(H,28,29,30). The molecule has 1 saturated heterocycles. The van der Waals surface area contributed by atoms with Crippen LogP contribution in [-0.4, -0.2) is 50.7 Å². The van der Waals surface area contributed by atoms with Gasteiger partial charge in [0.1, 0.15) is 11.4 Å². The lowest BCUT2D eigenvalue weighted by molar-refractivity contribution is 0.0206. The maximum atomic E-state index is 12.5. The van der Waals surface area contributed by atoms with E-state index in [0.29, 0.717) is 42.0 Å². The molecule has 1 amide bonds. The summed E-state index contributed by atoms with van der Waals surface area (Å²) in [4.78, 5) is 27.7. The highest BCUT2D eigenvalue weighted by Crippen LogP contribution is 2.31. The van der Waals surface area contributed by atoms with Crippen molar-refractivity contribution < 1.29 is 14.3 Å². The molecule has 0 spiro atoms. The van der Waals surface area contributed by atoms with Gasteiger partial charge in [-0.15, -0.1) is 0 Å². The quantitative estimate of drug-likeness (QED) is 0.523. The van der Waals surface area contributed by atoms with Crippen molar-refractivity contribution in [2.75, 3.05) is 24.1 Å². The predicted molar refractivity (Wildman–Crippen MR) is 131 cm³/mol. The molecule has 9 nitrogen and oxygen atoms in total. The van der Waals surface area contributed by atoms with Gasteiger partial charge in [0.2, 0.25) is 11.8 Å². The predicted octanol–water partition coefficient (Wildman–Crippen LogP) is 4.72. The highest BCUT2D eigenvalue weighted by molar-refractivity contribution is 5.68. The summed E-state index contributed by atoms with van der Waals surface area (Å²) in [5.41, 5.74) is 7.35. The second kappa shape index (κ2) is 9.94. The Balaban J connectivity index is 1.48. The van der Waals surface area contributed by atoms with E-state index in [1.54, 1.807) is 29.4 Å². The molecule has 1 unspecified atom stereocenters. The van der Waals surface area contributed by atoms with E-state index in [9.17, 15) is 4.79 Å². The van der Waals surface area contributed by atoms with E-state index in [4.69, 9.17) is 15.2 Å². The molecule has 1 aromatic carbocycles. The number of carbonyl (C=O) groups is 1. The Hall–Kier alpha value is -3.88. The third-order valence-electron chi connectivity index (χ3n) is 5.18. The average Bonchev–Trinajstić information content (AvgIpc) is 2.79. The van der Waals surface area contributed by atoms with E-state index in [2.05, 4.69) is 20.3 Å². The van der Waals surface area contributed by atoms with Crippen molar-refractivity contribution >= 4 is 17.7 Å². The van der Waals surface area contributed by atoms with Crippen LogP contribution >= 0.6 is 0 Å². The minimum atomic E-state index is -0.524. The number of nitrogens with one attached hydrogen (secondary N) is 1. The van der Waals surface area contributed by atoms with Crippen LogP contribution in [0.4, 0.5) is 16.4 Å². The van der Waals surface area contributed by atoms with Crippen LogP contribution < -0.4 is 15.8 Å². The van der Waals surface area contributed by atoms with Crippen LogP contribution in [0.3, 0.4) is 0 Å². The molecule has 3 N–H and O–H groups in total. The number of ether oxygens (including phenoxy) is 2. The number of aromatic nitrogens is 3. The largest absolute Gasteiger partial charge is 0.444 e. The number of anilines is 2. The molecule has 2 aromatic heterocycles. The van der Waals surface area contributed by atoms with Gasteiger partial charge in [-0.1, -0.05) is 6.07 Å². The molecule has 9 heteroatoms. The van der Waals surface area contributed by atoms with Crippen molar-refractivity contribution in [3.05, 3.63) is 54.9 Å². The molecule has 4 rings (SSSR count). The molecule has 3 heterocycles. The minimum Gasteiger partial charge on any atom is -0.444 e. The Kier molecular flexibility index (Phi) is 6.81. The third-order valence-corrected chi connectivity index (χ3v) is 5.18. The van der Waals surface area contributed by atoms with Gasteiger partial charge in [0.05, 0.1) is 11.3 Å². The van der Waals surface area contributed by atoms with Gasteiger partial charge in [0.25, 0.3) is 0 Å². The molecular weight excluding hydrogens is 432 g/mol. The number of piperidine rings is 1. The molecule has 34 heavy (non-hydrogen) atoms. The number of pyridine rings is 1. The van der Waals surface area contributed by atoms with Gasteiger partial charge in [-0.2, -0.15) is 0 Å². The average molecular weight is 463 g/mol. The Bertz CT molecular complexity index is 1150. The molecule has 0 saturated carbocycles. The van der Waals surface area contributed by atoms with Crippen molar-refractivity contribution in [1.29, 1.82) is 0 Å². The Labute approximate surface area is 199 Å². The molecule has 3 aromatic rings. The van der Waals surface area contributed by atoms with Gasteiger partial charge >= 0.3 is 6.09 Å². The summed E-state index contributed by atoms with van der Waals surface area (Å²) in [5, 5.41) is 3.37. The number of hydrogen-bond acceptors (Lipinski definition) is 8. The first-order valence-corrected chi connectivity index (χ1v) is 11.3. The number of carbonyl (C=O) groups excluding carboxylic acids is 1. The van der Waals surface area contributed by atoms with Crippen LogP contribution in [0, 0.1) is 0 Å². The van der Waals surface area contributed by atoms with E-state index < -0.39 is 5.60 Å². The summed E-state index contributed by atoms with van der Waals surface area (Å²) in [6, 6.07) is 12.7. The monoisotopic (exact) mass is 462 g/mol. The van der Waals surface area contributed by atoms with Gasteiger partial charge in [0, 0.05) is 43.3 Å². The number of likely N-dealkylation sites (tertiary alicyclic amines) is 1. The lowest BCUT2D eigenvalue weighted by Crippen LogP contribution is -2.47. The fourth-order valence-electron chi connectivity index (χ4n) is 3.70. The van der Waals surface area contributed by atoms with E-state index >= 15 is 0 Å². The first-order chi connectivity index (χ1) is 16.3. The molecule has 1 fully saturated rings. The van der Waals surface area contributed by atoms with Gasteiger partial charge < -0.3 is 25.4 Å². The highest BCUT2D eigenvalue weighted by atomic mass is 16.6. The fourth-order valence-corrected chi connectivity index (χ4v) is 3.70. The van der Waals surface area contributed by atoms with E-state index in [-0.39, 0.29) is 12.1 Å².